The largest absolute Gasteiger partial charge is 0.344 e. The topological polar surface area (TPSA) is 30.7 Å². The molecule has 0 atom stereocenters. The molecule has 2 aromatic carbocycles. The van der Waals surface area contributed by atoms with Crippen molar-refractivity contribution in [2.45, 2.75) is 19.9 Å². The minimum absolute atomic E-state index is 0.342. The number of para-hydroxylation sites is 2. The Morgan fingerprint density at radius 3 is 2.46 bits per heavy atom. The standard InChI is InChI=1S/C19H15BrClN3/c1-11(2)24-10-14(13-9-12(20)7-8-17(13)24)18-19(21)23-16-6-4-3-5-15(16)22-18/h3-11H,1-2H3. The Hall–Kier alpha value is -1.91. The van der Waals surface area contributed by atoms with Gasteiger partial charge in [0.2, 0.25) is 0 Å². The van der Waals surface area contributed by atoms with Crippen LogP contribution in [0.2, 0.25) is 5.15 Å². The predicted molar refractivity (Wildman–Crippen MR) is 104 cm³/mol. The number of nitrogens with zero attached hydrogens (tertiary/aromatic N) is 3. The zero-order valence-electron chi connectivity index (χ0n) is 13.3. The lowest BCUT2D eigenvalue weighted by Gasteiger charge is -2.08. The molecule has 0 aliphatic rings. The smallest absolute Gasteiger partial charge is 0.156 e. The number of rotatable bonds is 2. The SMILES string of the molecule is CC(C)n1cc(-c2nc3ccccc3nc2Cl)c2cc(Br)ccc21. The molecule has 5 heteroatoms. The van der Waals surface area contributed by atoms with Crippen molar-refractivity contribution in [1.82, 2.24) is 14.5 Å². The second-order valence-corrected chi connectivity index (χ2v) is 7.33. The molecule has 2 heterocycles. The highest BCUT2D eigenvalue weighted by atomic mass is 79.9. The molecular formula is C19H15BrClN3. The highest BCUT2D eigenvalue weighted by molar-refractivity contribution is 9.10. The van der Waals surface area contributed by atoms with E-state index in [1.807, 2.05) is 24.3 Å². The fourth-order valence-corrected chi connectivity index (χ4v) is 3.59. The van der Waals surface area contributed by atoms with E-state index in [-0.39, 0.29) is 0 Å². The van der Waals surface area contributed by atoms with Gasteiger partial charge in [0.05, 0.1) is 11.0 Å². The van der Waals surface area contributed by atoms with E-state index >= 15 is 0 Å². The van der Waals surface area contributed by atoms with E-state index in [1.165, 1.54) is 0 Å². The quantitative estimate of drug-likeness (QED) is 0.398. The molecule has 4 rings (SSSR count). The van der Waals surface area contributed by atoms with Crippen molar-refractivity contribution in [3.05, 3.63) is 58.3 Å². The molecule has 0 bridgehead atoms. The summed E-state index contributed by atoms with van der Waals surface area (Å²) in [7, 11) is 0. The van der Waals surface area contributed by atoms with Gasteiger partial charge in [0, 0.05) is 33.2 Å². The van der Waals surface area contributed by atoms with Crippen LogP contribution in [0, 0.1) is 0 Å². The van der Waals surface area contributed by atoms with Gasteiger partial charge in [0.25, 0.3) is 0 Å². The Kier molecular flexibility index (Phi) is 3.82. The molecule has 0 fully saturated rings. The lowest BCUT2D eigenvalue weighted by molar-refractivity contribution is 0.623. The summed E-state index contributed by atoms with van der Waals surface area (Å²) >= 11 is 10.0. The molecule has 120 valence electrons. The van der Waals surface area contributed by atoms with Crippen LogP contribution in [-0.2, 0) is 0 Å². The number of fused-ring (bicyclic) bond motifs is 2. The lowest BCUT2D eigenvalue weighted by Crippen LogP contribution is -1.97. The van der Waals surface area contributed by atoms with Gasteiger partial charge in [0.1, 0.15) is 5.69 Å². The lowest BCUT2D eigenvalue weighted by atomic mass is 10.1. The van der Waals surface area contributed by atoms with Crippen molar-refractivity contribution < 1.29 is 0 Å². The van der Waals surface area contributed by atoms with Crippen molar-refractivity contribution in [2.24, 2.45) is 0 Å². The normalized spacial score (nSPS) is 11.7. The summed E-state index contributed by atoms with van der Waals surface area (Å²) in [5.41, 5.74) is 4.53. The minimum Gasteiger partial charge on any atom is -0.344 e. The van der Waals surface area contributed by atoms with E-state index in [2.05, 4.69) is 63.7 Å². The summed E-state index contributed by atoms with van der Waals surface area (Å²) in [4.78, 5) is 9.29. The summed E-state index contributed by atoms with van der Waals surface area (Å²) < 4.78 is 3.27. The first-order valence-corrected chi connectivity index (χ1v) is 8.94. The molecule has 0 saturated carbocycles. The molecular weight excluding hydrogens is 386 g/mol. The summed E-state index contributed by atoms with van der Waals surface area (Å²) in [5.74, 6) is 0. The molecule has 0 radical (unpaired) electrons. The molecule has 0 saturated heterocycles. The van der Waals surface area contributed by atoms with Gasteiger partial charge in [-0.25, -0.2) is 9.97 Å². The maximum atomic E-state index is 6.47. The fraction of sp³-hybridized carbons (Fsp3) is 0.158. The first-order chi connectivity index (χ1) is 11.5. The minimum atomic E-state index is 0.342. The first-order valence-electron chi connectivity index (χ1n) is 7.77. The third-order valence-electron chi connectivity index (χ3n) is 4.13. The Balaban J connectivity index is 2.06. The zero-order chi connectivity index (χ0) is 16.8. The second kappa shape index (κ2) is 5.87. The number of aromatic nitrogens is 3. The van der Waals surface area contributed by atoms with Crippen molar-refractivity contribution in [3.8, 4) is 11.3 Å². The van der Waals surface area contributed by atoms with Crippen LogP contribution >= 0.6 is 27.5 Å². The van der Waals surface area contributed by atoms with E-state index in [4.69, 9.17) is 16.6 Å². The van der Waals surface area contributed by atoms with Crippen molar-refractivity contribution in [3.63, 3.8) is 0 Å². The van der Waals surface area contributed by atoms with Crippen LogP contribution in [0.5, 0.6) is 0 Å². The highest BCUT2D eigenvalue weighted by Gasteiger charge is 2.17. The monoisotopic (exact) mass is 399 g/mol. The fourth-order valence-electron chi connectivity index (χ4n) is 2.99. The molecule has 4 aromatic rings. The summed E-state index contributed by atoms with van der Waals surface area (Å²) in [6, 6.07) is 14.4. The van der Waals surface area contributed by atoms with Gasteiger partial charge in [-0.2, -0.15) is 0 Å². The highest BCUT2D eigenvalue weighted by Crippen LogP contribution is 2.36. The maximum absolute atomic E-state index is 6.47. The van der Waals surface area contributed by atoms with Gasteiger partial charge >= 0.3 is 0 Å². The Labute approximate surface area is 153 Å². The van der Waals surface area contributed by atoms with Crippen LogP contribution in [0.1, 0.15) is 19.9 Å². The first kappa shape index (κ1) is 15.6. The second-order valence-electron chi connectivity index (χ2n) is 6.06. The molecule has 0 spiro atoms. The van der Waals surface area contributed by atoms with E-state index in [9.17, 15) is 0 Å². The average Bonchev–Trinajstić information content (AvgIpc) is 2.93. The van der Waals surface area contributed by atoms with Gasteiger partial charge < -0.3 is 4.57 Å². The van der Waals surface area contributed by atoms with Crippen LogP contribution < -0.4 is 0 Å². The van der Waals surface area contributed by atoms with Gasteiger partial charge in [-0.3, -0.25) is 0 Å². The van der Waals surface area contributed by atoms with Crippen LogP contribution in [0.3, 0.4) is 0 Å². The summed E-state index contributed by atoms with van der Waals surface area (Å²) in [5, 5.41) is 1.54. The number of hydrogen-bond acceptors (Lipinski definition) is 2. The van der Waals surface area contributed by atoms with Crippen molar-refractivity contribution >= 4 is 49.5 Å². The number of hydrogen-bond donors (Lipinski definition) is 0. The van der Waals surface area contributed by atoms with Crippen LogP contribution in [-0.4, -0.2) is 14.5 Å². The van der Waals surface area contributed by atoms with Crippen molar-refractivity contribution in [1.29, 1.82) is 0 Å². The van der Waals surface area contributed by atoms with Gasteiger partial charge in [0.15, 0.2) is 5.15 Å². The summed E-state index contributed by atoms with van der Waals surface area (Å²) in [6.45, 7) is 4.33. The molecule has 0 aliphatic carbocycles. The number of benzene rings is 2. The summed E-state index contributed by atoms with van der Waals surface area (Å²) in [6.07, 6.45) is 2.12. The average molecular weight is 401 g/mol. The molecule has 24 heavy (non-hydrogen) atoms. The zero-order valence-corrected chi connectivity index (χ0v) is 15.6. The molecule has 0 unspecified atom stereocenters. The van der Waals surface area contributed by atoms with E-state index in [1.54, 1.807) is 0 Å². The van der Waals surface area contributed by atoms with Crippen molar-refractivity contribution in [2.75, 3.05) is 0 Å². The van der Waals surface area contributed by atoms with E-state index in [0.29, 0.717) is 11.2 Å². The van der Waals surface area contributed by atoms with E-state index < -0.39 is 0 Å². The predicted octanol–water partition coefficient (Wildman–Crippen LogP) is 6.25. The Bertz CT molecular complexity index is 1070. The van der Waals surface area contributed by atoms with Gasteiger partial charge in [-0.05, 0) is 44.2 Å². The van der Waals surface area contributed by atoms with Gasteiger partial charge in [-0.1, -0.05) is 39.7 Å². The third-order valence-corrected chi connectivity index (χ3v) is 4.89. The molecule has 2 aromatic heterocycles. The van der Waals surface area contributed by atoms with Crippen LogP contribution in [0.4, 0.5) is 0 Å². The van der Waals surface area contributed by atoms with E-state index in [0.717, 1.165) is 37.7 Å². The molecule has 0 amide bonds. The molecule has 3 nitrogen and oxygen atoms in total. The Morgan fingerprint density at radius 2 is 1.75 bits per heavy atom. The van der Waals surface area contributed by atoms with Crippen LogP contribution in [0.15, 0.2) is 53.1 Å². The maximum Gasteiger partial charge on any atom is 0.156 e. The molecule has 0 N–H and O–H groups in total. The van der Waals surface area contributed by atoms with Gasteiger partial charge in [-0.15, -0.1) is 0 Å². The third kappa shape index (κ3) is 2.50. The number of halogens is 2. The Morgan fingerprint density at radius 1 is 1.04 bits per heavy atom. The van der Waals surface area contributed by atoms with Crippen LogP contribution in [0.25, 0.3) is 33.2 Å². The molecule has 0 aliphatic heterocycles.